The van der Waals surface area contributed by atoms with Gasteiger partial charge >= 0.3 is 6.03 Å². The number of rotatable bonds is 6. The van der Waals surface area contributed by atoms with Crippen LogP contribution in [0.25, 0.3) is 0 Å². The number of nitrogens with one attached hydrogen (secondary N) is 2. The maximum Gasteiger partial charge on any atom is 0.322 e. The Morgan fingerprint density at radius 3 is 2.33 bits per heavy atom. The van der Waals surface area contributed by atoms with Gasteiger partial charge in [-0.25, -0.2) is 4.79 Å². The zero-order chi connectivity index (χ0) is 17.5. The Labute approximate surface area is 144 Å². The monoisotopic (exact) mass is 326 g/mol. The third-order valence-corrected chi connectivity index (χ3v) is 3.84. The van der Waals surface area contributed by atoms with Crippen molar-refractivity contribution in [2.45, 2.75) is 46.3 Å². The van der Waals surface area contributed by atoms with Crippen molar-refractivity contribution in [2.24, 2.45) is 0 Å². The zero-order valence-electron chi connectivity index (χ0n) is 14.8. The van der Waals surface area contributed by atoms with E-state index in [1.54, 1.807) is 0 Å². The molecule has 0 aliphatic carbocycles. The van der Waals surface area contributed by atoms with Gasteiger partial charge in [0.25, 0.3) is 0 Å². The summed E-state index contributed by atoms with van der Waals surface area (Å²) in [5.74, 6) is 1.22. The summed E-state index contributed by atoms with van der Waals surface area (Å²) in [6.07, 6.45) is 0.439. The summed E-state index contributed by atoms with van der Waals surface area (Å²) in [5.41, 5.74) is 3.19. The molecule has 128 valence electrons. The van der Waals surface area contributed by atoms with Crippen LogP contribution in [0.4, 0.5) is 10.5 Å². The van der Waals surface area contributed by atoms with Crippen LogP contribution in [0.2, 0.25) is 0 Å². The van der Waals surface area contributed by atoms with Crippen molar-refractivity contribution in [1.82, 2.24) is 5.32 Å². The summed E-state index contributed by atoms with van der Waals surface area (Å²) in [6.45, 7) is 8.17. The molecule has 0 saturated heterocycles. The van der Waals surface area contributed by atoms with E-state index in [1.165, 1.54) is 5.56 Å². The van der Waals surface area contributed by atoms with E-state index in [-0.39, 0.29) is 6.03 Å². The van der Waals surface area contributed by atoms with E-state index in [1.807, 2.05) is 55.5 Å². The van der Waals surface area contributed by atoms with Crippen LogP contribution in [-0.2, 0) is 6.42 Å². The number of ether oxygens (including phenoxy) is 1. The van der Waals surface area contributed by atoms with Crippen molar-refractivity contribution in [3.05, 3.63) is 59.7 Å². The maximum atomic E-state index is 12.1. The van der Waals surface area contributed by atoms with Gasteiger partial charge in [0.1, 0.15) is 5.75 Å². The first-order chi connectivity index (χ1) is 11.5. The molecular weight excluding hydrogens is 300 g/mol. The number of hydrogen-bond acceptors (Lipinski definition) is 2. The number of para-hydroxylation sites is 1. The lowest BCUT2D eigenvalue weighted by molar-refractivity contribution is 0.183. The molecule has 0 aliphatic rings. The molecule has 4 nitrogen and oxygen atoms in total. The number of carbonyl (C=O) groups excluding carboxylic acids is 1. The number of benzene rings is 2. The Bertz CT molecular complexity index is 666. The highest BCUT2D eigenvalue weighted by atomic mass is 16.5. The van der Waals surface area contributed by atoms with Gasteiger partial charge in [0.05, 0.1) is 0 Å². The molecule has 2 N–H and O–H groups in total. The number of anilines is 1. The number of urea groups is 1. The molecule has 0 aromatic heterocycles. The first kappa shape index (κ1) is 17.9. The molecule has 0 saturated carbocycles. The van der Waals surface area contributed by atoms with E-state index in [0.29, 0.717) is 5.92 Å². The summed E-state index contributed by atoms with van der Waals surface area (Å²) < 4.78 is 5.74. The minimum atomic E-state index is -0.427. The van der Waals surface area contributed by atoms with E-state index >= 15 is 0 Å². The van der Waals surface area contributed by atoms with Gasteiger partial charge in [0.2, 0.25) is 0 Å². The third kappa shape index (κ3) is 5.01. The highest BCUT2D eigenvalue weighted by Gasteiger charge is 2.10. The topological polar surface area (TPSA) is 50.4 Å². The zero-order valence-corrected chi connectivity index (χ0v) is 14.8. The van der Waals surface area contributed by atoms with Gasteiger partial charge in [-0.3, -0.25) is 0 Å². The van der Waals surface area contributed by atoms with E-state index in [0.717, 1.165) is 23.4 Å². The first-order valence-electron chi connectivity index (χ1n) is 8.41. The average molecular weight is 326 g/mol. The van der Waals surface area contributed by atoms with Crippen LogP contribution in [-0.4, -0.2) is 12.3 Å². The quantitative estimate of drug-likeness (QED) is 0.740. The van der Waals surface area contributed by atoms with Gasteiger partial charge in [0, 0.05) is 5.69 Å². The summed E-state index contributed by atoms with van der Waals surface area (Å²) in [4.78, 5) is 12.1. The summed E-state index contributed by atoms with van der Waals surface area (Å²) >= 11 is 0. The van der Waals surface area contributed by atoms with Gasteiger partial charge in [-0.2, -0.15) is 0 Å². The number of amides is 2. The van der Waals surface area contributed by atoms with Crippen molar-refractivity contribution in [3.8, 4) is 5.75 Å². The minimum absolute atomic E-state index is 0.276. The molecule has 0 aliphatic heterocycles. The van der Waals surface area contributed by atoms with Crippen molar-refractivity contribution < 1.29 is 9.53 Å². The molecule has 0 spiro atoms. The smallest absolute Gasteiger partial charge is 0.322 e. The van der Waals surface area contributed by atoms with Crippen LogP contribution in [0, 0.1) is 0 Å². The fourth-order valence-corrected chi connectivity index (χ4v) is 2.46. The summed E-state index contributed by atoms with van der Waals surface area (Å²) in [6, 6.07) is 15.5. The van der Waals surface area contributed by atoms with Crippen molar-refractivity contribution in [3.63, 3.8) is 0 Å². The van der Waals surface area contributed by atoms with Crippen LogP contribution in [0.5, 0.6) is 5.75 Å². The van der Waals surface area contributed by atoms with Gasteiger partial charge < -0.3 is 15.4 Å². The molecule has 2 aromatic carbocycles. The predicted octanol–water partition coefficient (Wildman–Crippen LogP) is 4.92. The second kappa shape index (κ2) is 8.39. The van der Waals surface area contributed by atoms with E-state index in [4.69, 9.17) is 4.74 Å². The standard InChI is InChI=1S/C20H26N2O2/c1-5-16-8-6-7-9-19(16)22-20(23)21-15(4)24-18-12-10-17(11-13-18)14(2)3/h6-15H,5H2,1-4H3,(H2,21,22,23). The fourth-order valence-electron chi connectivity index (χ4n) is 2.46. The Balaban J connectivity index is 1.89. The van der Waals surface area contributed by atoms with Crippen molar-refractivity contribution in [2.75, 3.05) is 5.32 Å². The lowest BCUT2D eigenvalue weighted by Gasteiger charge is -2.18. The molecule has 0 heterocycles. The molecule has 0 bridgehead atoms. The van der Waals surface area contributed by atoms with Gasteiger partial charge in [-0.1, -0.05) is 51.1 Å². The molecule has 4 heteroatoms. The lowest BCUT2D eigenvalue weighted by atomic mass is 10.0. The second-order valence-corrected chi connectivity index (χ2v) is 6.09. The van der Waals surface area contributed by atoms with Crippen LogP contribution in [0.15, 0.2) is 48.5 Å². The van der Waals surface area contributed by atoms with E-state index in [2.05, 4.69) is 31.4 Å². The predicted molar refractivity (Wildman–Crippen MR) is 98.6 cm³/mol. The fraction of sp³-hybridized carbons (Fsp3) is 0.350. The number of hydrogen-bond donors (Lipinski definition) is 2. The Morgan fingerprint density at radius 2 is 1.71 bits per heavy atom. The lowest BCUT2D eigenvalue weighted by Crippen LogP contribution is -2.39. The third-order valence-electron chi connectivity index (χ3n) is 3.84. The Kier molecular flexibility index (Phi) is 6.24. The Morgan fingerprint density at radius 1 is 1.04 bits per heavy atom. The maximum absolute atomic E-state index is 12.1. The second-order valence-electron chi connectivity index (χ2n) is 6.09. The van der Waals surface area contributed by atoms with Gasteiger partial charge in [-0.15, -0.1) is 0 Å². The van der Waals surface area contributed by atoms with Crippen LogP contribution >= 0.6 is 0 Å². The first-order valence-corrected chi connectivity index (χ1v) is 8.41. The molecule has 2 aromatic rings. The number of aryl methyl sites for hydroxylation is 1. The van der Waals surface area contributed by atoms with Gasteiger partial charge in [-0.05, 0) is 48.6 Å². The molecule has 0 fully saturated rings. The highest BCUT2D eigenvalue weighted by Crippen LogP contribution is 2.19. The molecule has 24 heavy (non-hydrogen) atoms. The Hall–Kier alpha value is -2.49. The largest absolute Gasteiger partial charge is 0.471 e. The summed E-state index contributed by atoms with van der Waals surface area (Å²) in [5, 5.41) is 5.67. The SMILES string of the molecule is CCc1ccccc1NC(=O)NC(C)Oc1ccc(C(C)C)cc1. The molecule has 0 radical (unpaired) electrons. The molecule has 2 rings (SSSR count). The van der Waals surface area contributed by atoms with Crippen molar-refractivity contribution >= 4 is 11.7 Å². The number of carbonyl (C=O) groups is 1. The normalized spacial score (nSPS) is 11.9. The van der Waals surface area contributed by atoms with E-state index in [9.17, 15) is 4.79 Å². The van der Waals surface area contributed by atoms with Gasteiger partial charge in [0.15, 0.2) is 6.23 Å². The average Bonchev–Trinajstić information content (AvgIpc) is 2.55. The van der Waals surface area contributed by atoms with Crippen LogP contribution < -0.4 is 15.4 Å². The van der Waals surface area contributed by atoms with E-state index < -0.39 is 6.23 Å². The minimum Gasteiger partial charge on any atom is -0.471 e. The van der Waals surface area contributed by atoms with Crippen LogP contribution in [0.1, 0.15) is 44.7 Å². The molecule has 1 atom stereocenters. The molecular formula is C20H26N2O2. The van der Waals surface area contributed by atoms with Crippen molar-refractivity contribution in [1.29, 1.82) is 0 Å². The highest BCUT2D eigenvalue weighted by molar-refractivity contribution is 5.90. The summed E-state index contributed by atoms with van der Waals surface area (Å²) in [7, 11) is 0. The molecule has 1 unspecified atom stereocenters. The molecule has 2 amide bonds. The van der Waals surface area contributed by atoms with Crippen LogP contribution in [0.3, 0.4) is 0 Å².